The normalized spacial score (nSPS) is 12.7. The highest BCUT2D eigenvalue weighted by Crippen LogP contribution is 2.46. The van der Waals surface area contributed by atoms with Crippen molar-refractivity contribution in [3.8, 4) is 22.6 Å². The first kappa shape index (κ1) is 22.7. The number of hydrogen-bond donors (Lipinski definition) is 0. The molecule has 0 atom stereocenters. The largest absolute Gasteiger partial charge is 0.494 e. The third-order valence-corrected chi connectivity index (χ3v) is 6.23. The Balaban J connectivity index is 1.64. The molecule has 176 valence electrons. The van der Waals surface area contributed by atoms with Gasteiger partial charge in [-0.15, -0.1) is 0 Å². The Labute approximate surface area is 205 Å². The number of furan rings is 1. The predicted octanol–water partition coefficient (Wildman–Crippen LogP) is 8.21. The van der Waals surface area contributed by atoms with E-state index < -0.39 is 0 Å². The minimum absolute atomic E-state index is 0.199. The van der Waals surface area contributed by atoms with E-state index in [1.165, 1.54) is 0 Å². The number of carbonyl (C=O) groups excluding carboxylic acids is 1. The second kappa shape index (κ2) is 9.67. The van der Waals surface area contributed by atoms with Crippen LogP contribution in [0.1, 0.15) is 54.8 Å². The summed E-state index contributed by atoms with van der Waals surface area (Å²) >= 11 is 0. The zero-order chi connectivity index (χ0) is 24.4. The van der Waals surface area contributed by atoms with Crippen molar-refractivity contribution in [3.63, 3.8) is 0 Å². The van der Waals surface area contributed by atoms with Crippen molar-refractivity contribution < 1.29 is 18.7 Å². The molecule has 0 fully saturated rings. The first-order valence-electron chi connectivity index (χ1n) is 12.0. The number of carbonyl (C=O) groups is 1. The molecular formula is C31H28O4. The van der Waals surface area contributed by atoms with Gasteiger partial charge in [-0.3, -0.25) is 4.79 Å². The van der Waals surface area contributed by atoms with E-state index in [0.717, 1.165) is 46.9 Å². The number of hydrogen-bond acceptors (Lipinski definition) is 4. The van der Waals surface area contributed by atoms with E-state index in [-0.39, 0.29) is 11.5 Å². The number of benzene rings is 3. The average Bonchev–Trinajstić information content (AvgIpc) is 3.27. The summed E-state index contributed by atoms with van der Waals surface area (Å²) in [7, 11) is 0. The van der Waals surface area contributed by atoms with Crippen molar-refractivity contribution in [2.24, 2.45) is 0 Å². The van der Waals surface area contributed by atoms with Crippen molar-refractivity contribution >= 4 is 22.3 Å². The summed E-state index contributed by atoms with van der Waals surface area (Å²) in [5, 5.41) is 0.776. The molecule has 4 heteroatoms. The highest BCUT2D eigenvalue weighted by atomic mass is 16.5. The van der Waals surface area contributed by atoms with Gasteiger partial charge in [0.25, 0.3) is 0 Å². The summed E-state index contributed by atoms with van der Waals surface area (Å²) < 4.78 is 18.2. The molecule has 0 N–H and O–H groups in total. The van der Waals surface area contributed by atoms with Gasteiger partial charge in [0.15, 0.2) is 5.76 Å². The van der Waals surface area contributed by atoms with Crippen LogP contribution in [0.5, 0.6) is 11.5 Å². The molecule has 1 aromatic heterocycles. The number of rotatable bonds is 8. The average molecular weight is 465 g/mol. The first-order valence-corrected chi connectivity index (χ1v) is 12.0. The molecule has 0 spiro atoms. The number of ether oxygens (including phenoxy) is 2. The topological polar surface area (TPSA) is 48.7 Å². The molecule has 0 bridgehead atoms. The van der Waals surface area contributed by atoms with Crippen LogP contribution in [0.3, 0.4) is 0 Å². The Morgan fingerprint density at radius 2 is 1.83 bits per heavy atom. The SMILES string of the molecule is C=C1C=C(C)c2ccc3oc(C(=O)c4cccc(OCCCCC)c4)c(-c4ccccc4)c3c2O1. The maximum Gasteiger partial charge on any atom is 0.229 e. The van der Waals surface area contributed by atoms with E-state index >= 15 is 0 Å². The highest BCUT2D eigenvalue weighted by molar-refractivity contribution is 6.17. The van der Waals surface area contributed by atoms with Crippen molar-refractivity contribution in [3.05, 3.63) is 102 Å². The third-order valence-electron chi connectivity index (χ3n) is 6.23. The Hall–Kier alpha value is -4.05. The monoisotopic (exact) mass is 464 g/mol. The lowest BCUT2D eigenvalue weighted by Gasteiger charge is -2.18. The summed E-state index contributed by atoms with van der Waals surface area (Å²) in [5.74, 6) is 1.99. The molecule has 0 unspecified atom stereocenters. The predicted molar refractivity (Wildman–Crippen MR) is 140 cm³/mol. The van der Waals surface area contributed by atoms with Crippen molar-refractivity contribution in [2.75, 3.05) is 6.61 Å². The molecular weight excluding hydrogens is 436 g/mol. The van der Waals surface area contributed by atoms with Crippen LogP contribution in [0.15, 0.2) is 89.6 Å². The number of fused-ring (bicyclic) bond motifs is 3. The maximum atomic E-state index is 13.8. The van der Waals surface area contributed by atoms with Crippen LogP contribution in [-0.4, -0.2) is 12.4 Å². The van der Waals surface area contributed by atoms with E-state index in [2.05, 4.69) is 13.5 Å². The Morgan fingerprint density at radius 3 is 2.63 bits per heavy atom. The van der Waals surface area contributed by atoms with Crippen LogP contribution in [0.25, 0.3) is 27.7 Å². The molecule has 2 heterocycles. The van der Waals surface area contributed by atoms with Gasteiger partial charge >= 0.3 is 0 Å². The van der Waals surface area contributed by atoms with Gasteiger partial charge in [0, 0.05) is 16.7 Å². The number of ketones is 1. The zero-order valence-corrected chi connectivity index (χ0v) is 20.1. The second-order valence-corrected chi connectivity index (χ2v) is 8.80. The molecule has 3 aromatic carbocycles. The van der Waals surface area contributed by atoms with Gasteiger partial charge in [-0.25, -0.2) is 0 Å². The third kappa shape index (κ3) is 4.40. The molecule has 0 saturated carbocycles. The van der Waals surface area contributed by atoms with Gasteiger partial charge in [-0.1, -0.05) is 68.8 Å². The molecule has 0 saturated heterocycles. The maximum absolute atomic E-state index is 13.8. The highest BCUT2D eigenvalue weighted by Gasteiger charge is 2.28. The van der Waals surface area contributed by atoms with E-state index in [1.807, 2.05) is 67.6 Å². The zero-order valence-electron chi connectivity index (χ0n) is 20.1. The van der Waals surface area contributed by atoms with Crippen LogP contribution in [0.2, 0.25) is 0 Å². The minimum atomic E-state index is -0.199. The van der Waals surface area contributed by atoms with Crippen molar-refractivity contribution in [1.29, 1.82) is 0 Å². The molecule has 4 nitrogen and oxygen atoms in total. The lowest BCUT2D eigenvalue weighted by molar-refractivity contribution is 0.101. The molecule has 35 heavy (non-hydrogen) atoms. The summed E-state index contributed by atoms with van der Waals surface area (Å²) in [4.78, 5) is 13.8. The second-order valence-electron chi connectivity index (χ2n) is 8.80. The van der Waals surface area contributed by atoms with Crippen LogP contribution < -0.4 is 9.47 Å². The summed E-state index contributed by atoms with van der Waals surface area (Å²) in [6.07, 6.45) is 5.15. The van der Waals surface area contributed by atoms with Gasteiger partial charge in [-0.2, -0.15) is 0 Å². The quantitative estimate of drug-likeness (QED) is 0.195. The molecule has 4 aromatic rings. The first-order chi connectivity index (χ1) is 17.1. The fraction of sp³-hybridized carbons (Fsp3) is 0.194. The van der Waals surface area contributed by atoms with Crippen molar-refractivity contribution in [2.45, 2.75) is 33.1 Å². The van der Waals surface area contributed by atoms with Crippen LogP contribution in [0, 0.1) is 0 Å². The van der Waals surface area contributed by atoms with Crippen LogP contribution in [-0.2, 0) is 0 Å². The van der Waals surface area contributed by atoms with E-state index in [1.54, 1.807) is 12.1 Å². The summed E-state index contributed by atoms with van der Waals surface area (Å²) in [6.45, 7) is 8.81. The van der Waals surface area contributed by atoms with Gasteiger partial charge in [0.2, 0.25) is 5.78 Å². The lowest BCUT2D eigenvalue weighted by atomic mass is 9.94. The van der Waals surface area contributed by atoms with E-state index in [4.69, 9.17) is 13.9 Å². The van der Waals surface area contributed by atoms with Gasteiger partial charge in [-0.05, 0) is 54.8 Å². The van der Waals surface area contributed by atoms with Gasteiger partial charge in [0.05, 0.1) is 12.0 Å². The molecule has 1 aliphatic heterocycles. The van der Waals surface area contributed by atoms with Gasteiger partial charge < -0.3 is 13.9 Å². The lowest BCUT2D eigenvalue weighted by Crippen LogP contribution is -2.04. The van der Waals surface area contributed by atoms with Crippen molar-refractivity contribution in [1.82, 2.24) is 0 Å². The summed E-state index contributed by atoms with van der Waals surface area (Å²) in [6, 6.07) is 21.0. The van der Waals surface area contributed by atoms with E-state index in [9.17, 15) is 4.79 Å². The molecule has 1 aliphatic rings. The standard InChI is InChI=1S/C31H28O4/c1-4-5-9-17-33-24-14-10-13-23(19-24)29(32)31-27(22-11-7-6-8-12-22)28-26(35-31)16-15-25-20(2)18-21(3)34-30(25)28/h6-8,10-16,18-19H,3-5,9,17H2,1-2H3. The van der Waals surface area contributed by atoms with E-state index in [0.29, 0.717) is 35.0 Å². The van der Waals surface area contributed by atoms with Crippen LogP contribution >= 0.6 is 0 Å². The Morgan fingerprint density at radius 1 is 1.00 bits per heavy atom. The number of allylic oxidation sites excluding steroid dienone is 2. The minimum Gasteiger partial charge on any atom is -0.494 e. The Bertz CT molecular complexity index is 1440. The Kier molecular flexibility index (Phi) is 6.28. The van der Waals surface area contributed by atoms with Crippen LogP contribution in [0.4, 0.5) is 0 Å². The fourth-order valence-corrected chi connectivity index (χ4v) is 4.50. The smallest absolute Gasteiger partial charge is 0.229 e. The molecule has 0 radical (unpaired) electrons. The molecule has 0 amide bonds. The number of unbranched alkanes of at least 4 members (excludes halogenated alkanes) is 2. The summed E-state index contributed by atoms with van der Waals surface area (Å²) in [5.41, 5.74) is 4.74. The van der Waals surface area contributed by atoms with Gasteiger partial charge in [0.1, 0.15) is 22.8 Å². The molecule has 5 rings (SSSR count). The fourth-order valence-electron chi connectivity index (χ4n) is 4.50. The molecule has 0 aliphatic carbocycles.